The van der Waals surface area contributed by atoms with Crippen LogP contribution in [0.4, 0.5) is 15.8 Å². The molecule has 9 rings (SSSR count). The van der Waals surface area contributed by atoms with Gasteiger partial charge in [0, 0.05) is 72.4 Å². The van der Waals surface area contributed by atoms with E-state index in [4.69, 9.17) is 4.52 Å². The van der Waals surface area contributed by atoms with Crippen molar-refractivity contribution in [3.63, 3.8) is 0 Å². The molecule has 16 heteroatoms. The Morgan fingerprint density at radius 1 is 1.03 bits per heavy atom. The van der Waals surface area contributed by atoms with Gasteiger partial charge in [0.25, 0.3) is 11.7 Å². The summed E-state index contributed by atoms with van der Waals surface area (Å²) >= 11 is 0. The highest BCUT2D eigenvalue weighted by atomic mass is 19.1. The zero-order valence-corrected chi connectivity index (χ0v) is 35.9. The van der Waals surface area contributed by atoms with Gasteiger partial charge >= 0.3 is 0 Å². The van der Waals surface area contributed by atoms with E-state index < -0.39 is 40.5 Å². The number of benzene rings is 3. The van der Waals surface area contributed by atoms with E-state index in [0.717, 1.165) is 59.6 Å². The van der Waals surface area contributed by atoms with Crippen LogP contribution in [0.1, 0.15) is 99.2 Å². The Bertz CT molecular complexity index is 2820. The van der Waals surface area contributed by atoms with E-state index in [1.165, 1.54) is 6.33 Å². The van der Waals surface area contributed by atoms with Gasteiger partial charge in [0.2, 0.25) is 23.6 Å². The number of H-pyrrole nitrogens is 1. The average molecular weight is 841 g/mol. The van der Waals surface area contributed by atoms with Crippen molar-refractivity contribution in [3.8, 4) is 11.3 Å². The Morgan fingerprint density at radius 3 is 2.53 bits per heavy atom. The van der Waals surface area contributed by atoms with E-state index in [0.29, 0.717) is 52.3 Å². The van der Waals surface area contributed by atoms with Crippen molar-refractivity contribution in [2.75, 3.05) is 36.0 Å². The molecule has 0 aliphatic carbocycles. The van der Waals surface area contributed by atoms with Gasteiger partial charge < -0.3 is 19.7 Å². The lowest BCUT2D eigenvalue weighted by atomic mass is 9.86. The molecule has 2 unspecified atom stereocenters. The van der Waals surface area contributed by atoms with Crippen molar-refractivity contribution < 1.29 is 28.1 Å². The number of aromatic amines is 1. The van der Waals surface area contributed by atoms with Gasteiger partial charge in [0.15, 0.2) is 0 Å². The molecule has 2 fully saturated rings. The van der Waals surface area contributed by atoms with E-state index in [2.05, 4.69) is 63.7 Å². The second-order valence-electron chi connectivity index (χ2n) is 18.2. The first-order valence-corrected chi connectivity index (χ1v) is 21.0. The molecule has 0 bridgehead atoms. The number of piperazine rings is 1. The Hall–Kier alpha value is -6.55. The van der Waals surface area contributed by atoms with Gasteiger partial charge in [-0.05, 0) is 80.6 Å². The number of piperidine rings is 1. The first-order valence-electron chi connectivity index (χ1n) is 21.0. The van der Waals surface area contributed by atoms with Gasteiger partial charge in [0.1, 0.15) is 23.8 Å². The summed E-state index contributed by atoms with van der Waals surface area (Å²) in [7, 11) is 0. The van der Waals surface area contributed by atoms with Crippen LogP contribution in [0.2, 0.25) is 0 Å². The van der Waals surface area contributed by atoms with Gasteiger partial charge in [-0.3, -0.25) is 34.3 Å². The van der Waals surface area contributed by atoms with Gasteiger partial charge in [-0.15, -0.1) is 0 Å². The smallest absolute Gasteiger partial charge is 0.293 e. The maximum Gasteiger partial charge on any atom is 0.293 e. The Balaban J connectivity index is 0.895. The van der Waals surface area contributed by atoms with Crippen LogP contribution >= 0.6 is 0 Å². The number of carbonyl (C=O) groups is 4. The standard InChI is InChI=1S/C46H49FN10O5/c1-24-28(25(2)50-42(60)40-53-43(62-54-40)45(3,4)5)11-12-30(37(24)47)38-36-29-10-9-27(21-32(29)51-39(36)49-23-48-38)56-18-16-55(17-19-56)22-26-8-13-31-34(20-26)57(44(61)46(31,6)7)33-14-15-35(58)52-41(33)59/h8-13,20-21,23,25,33H,14-19,22H2,1-7H3,(H,50,60)(H,48,49,51)(H,52,58,59). The lowest BCUT2D eigenvalue weighted by Crippen LogP contribution is -2.55. The number of fused-ring (bicyclic) bond motifs is 4. The molecule has 3 aromatic heterocycles. The summed E-state index contributed by atoms with van der Waals surface area (Å²) in [4.78, 5) is 74.4. The highest BCUT2D eigenvalue weighted by molar-refractivity contribution is 6.14. The number of halogens is 1. The summed E-state index contributed by atoms with van der Waals surface area (Å²) in [5.41, 5.74) is 5.78. The summed E-state index contributed by atoms with van der Waals surface area (Å²) in [5.74, 6) is -1.56. The normalized spacial score (nSPS) is 18.7. The number of anilines is 2. The maximum absolute atomic E-state index is 16.4. The van der Waals surface area contributed by atoms with Crippen LogP contribution < -0.4 is 20.4 Å². The third kappa shape index (κ3) is 7.05. The van der Waals surface area contributed by atoms with Gasteiger partial charge in [-0.2, -0.15) is 4.98 Å². The molecule has 2 atom stereocenters. The third-order valence-electron chi connectivity index (χ3n) is 12.6. The Kier molecular flexibility index (Phi) is 9.95. The van der Waals surface area contributed by atoms with Crippen LogP contribution in [0, 0.1) is 12.7 Å². The summed E-state index contributed by atoms with van der Waals surface area (Å²) in [6.45, 7) is 16.9. The molecule has 3 aliphatic heterocycles. The van der Waals surface area contributed by atoms with E-state index >= 15 is 4.39 Å². The minimum atomic E-state index is -0.779. The topological polar surface area (TPSA) is 183 Å². The highest BCUT2D eigenvalue weighted by Crippen LogP contribution is 2.44. The van der Waals surface area contributed by atoms with Crippen molar-refractivity contribution in [2.24, 2.45) is 0 Å². The summed E-state index contributed by atoms with van der Waals surface area (Å²) in [5, 5.41) is 10.7. The molecule has 4 amide bonds. The molecule has 2 saturated heterocycles. The van der Waals surface area contributed by atoms with Crippen LogP contribution in [0.5, 0.6) is 0 Å². The highest BCUT2D eigenvalue weighted by Gasteiger charge is 2.49. The van der Waals surface area contributed by atoms with Gasteiger partial charge in [-0.1, -0.05) is 50.2 Å². The molecule has 3 N–H and O–H groups in total. The van der Waals surface area contributed by atoms with Crippen molar-refractivity contribution in [3.05, 3.63) is 94.6 Å². The molecule has 320 valence electrons. The largest absolute Gasteiger partial charge is 0.369 e. The second kappa shape index (κ2) is 15.1. The van der Waals surface area contributed by atoms with Crippen molar-refractivity contribution in [2.45, 2.75) is 90.8 Å². The first kappa shape index (κ1) is 40.8. The number of amides is 4. The molecule has 15 nitrogen and oxygen atoms in total. The van der Waals surface area contributed by atoms with E-state index in [1.807, 2.05) is 52.8 Å². The fourth-order valence-electron chi connectivity index (χ4n) is 9.02. The Labute approximate surface area is 357 Å². The molecule has 62 heavy (non-hydrogen) atoms. The zero-order chi connectivity index (χ0) is 43.8. The van der Waals surface area contributed by atoms with Crippen LogP contribution in [0.15, 0.2) is 59.4 Å². The number of nitrogens with zero attached hydrogens (tertiary/aromatic N) is 7. The summed E-state index contributed by atoms with van der Waals surface area (Å²) < 4.78 is 21.6. The SMILES string of the molecule is Cc1c(C(C)NC(=O)c2noc(C(C)(C)C)n2)ccc(-c2ncnc3[nH]c4cc(N5CCN(Cc6ccc7c(c6)N(C6CCC(=O)NC6=O)C(=O)C7(C)C)CC5)ccc4c23)c1F. The van der Waals surface area contributed by atoms with Crippen molar-refractivity contribution in [1.82, 2.24) is 40.6 Å². The minimum Gasteiger partial charge on any atom is -0.369 e. The number of imide groups is 1. The van der Waals surface area contributed by atoms with Gasteiger partial charge in [-0.25, -0.2) is 14.4 Å². The van der Waals surface area contributed by atoms with Crippen LogP contribution in [-0.4, -0.2) is 85.8 Å². The van der Waals surface area contributed by atoms with Crippen molar-refractivity contribution >= 4 is 56.9 Å². The molecule has 3 aromatic carbocycles. The number of aromatic nitrogens is 5. The fraction of sp³-hybridized carbons (Fsp3) is 0.391. The number of hydrogen-bond acceptors (Lipinski definition) is 11. The molecule has 0 saturated carbocycles. The predicted octanol–water partition coefficient (Wildman–Crippen LogP) is 6.15. The zero-order valence-electron chi connectivity index (χ0n) is 35.9. The van der Waals surface area contributed by atoms with E-state index in [1.54, 1.807) is 30.9 Å². The molecule has 0 radical (unpaired) electrons. The molecule has 6 aromatic rings. The number of hydrogen-bond donors (Lipinski definition) is 3. The first-order chi connectivity index (χ1) is 29.5. The quantitative estimate of drug-likeness (QED) is 0.150. The molecular weight excluding hydrogens is 792 g/mol. The average Bonchev–Trinajstić information content (AvgIpc) is 3.93. The monoisotopic (exact) mass is 840 g/mol. The second-order valence-corrected chi connectivity index (χ2v) is 18.2. The maximum atomic E-state index is 16.4. The minimum absolute atomic E-state index is 0.0807. The predicted molar refractivity (Wildman–Crippen MR) is 231 cm³/mol. The fourth-order valence-corrected chi connectivity index (χ4v) is 9.02. The molecule has 0 spiro atoms. The van der Waals surface area contributed by atoms with Gasteiger partial charge in [0.05, 0.1) is 22.5 Å². The van der Waals surface area contributed by atoms with Crippen LogP contribution in [0.3, 0.4) is 0 Å². The third-order valence-corrected chi connectivity index (χ3v) is 12.6. The van der Waals surface area contributed by atoms with E-state index in [-0.39, 0.29) is 24.1 Å². The molecule has 3 aliphatic rings. The van der Waals surface area contributed by atoms with Crippen molar-refractivity contribution in [1.29, 1.82) is 0 Å². The van der Waals surface area contributed by atoms with Crippen LogP contribution in [-0.2, 0) is 31.8 Å². The van der Waals surface area contributed by atoms with Crippen LogP contribution in [0.25, 0.3) is 33.2 Å². The molecule has 6 heterocycles. The lowest BCUT2D eigenvalue weighted by molar-refractivity contribution is -0.136. The number of rotatable bonds is 8. The van der Waals surface area contributed by atoms with E-state index in [9.17, 15) is 19.2 Å². The Morgan fingerprint density at radius 2 is 1.81 bits per heavy atom. The lowest BCUT2D eigenvalue weighted by Gasteiger charge is -2.36. The summed E-state index contributed by atoms with van der Waals surface area (Å²) in [6.07, 6.45) is 1.93. The number of carbonyl (C=O) groups excluding carboxylic acids is 4. The molecular formula is C46H49FN10O5. The number of nitrogens with one attached hydrogen (secondary N) is 3. The summed E-state index contributed by atoms with van der Waals surface area (Å²) in [6, 6.07) is 14.6.